The number of benzene rings is 1. The van der Waals surface area contributed by atoms with E-state index in [0.29, 0.717) is 6.42 Å². The van der Waals surface area contributed by atoms with Gasteiger partial charge in [-0.25, -0.2) is 0 Å². The Bertz CT molecular complexity index is 492. The second-order valence-corrected chi connectivity index (χ2v) is 5.54. The molecular weight excluding hydrogens is 208 g/mol. The largest absolute Gasteiger partial charge is 0.294 e. The van der Waals surface area contributed by atoms with E-state index in [-0.39, 0.29) is 11.2 Å². The Morgan fingerprint density at radius 3 is 2.71 bits per heavy atom. The van der Waals surface area contributed by atoms with Crippen molar-refractivity contribution in [2.24, 2.45) is 0 Å². The Morgan fingerprint density at radius 2 is 2.06 bits per heavy atom. The monoisotopic (exact) mass is 228 g/mol. The number of hydrogen-bond acceptors (Lipinski definition) is 1. The molecule has 0 saturated carbocycles. The van der Waals surface area contributed by atoms with Gasteiger partial charge in [0.05, 0.1) is 0 Å². The Labute approximate surface area is 104 Å². The summed E-state index contributed by atoms with van der Waals surface area (Å²) < 4.78 is 0. The van der Waals surface area contributed by atoms with Crippen LogP contribution in [-0.4, -0.2) is 5.78 Å². The highest BCUT2D eigenvalue weighted by Crippen LogP contribution is 2.38. The normalized spacial score (nSPS) is 16.7. The van der Waals surface area contributed by atoms with Crippen LogP contribution in [0.2, 0.25) is 0 Å². The van der Waals surface area contributed by atoms with E-state index in [4.69, 9.17) is 0 Å². The summed E-state index contributed by atoms with van der Waals surface area (Å²) >= 11 is 0. The number of carbonyl (C=O) groups excluding carboxylic acids is 1. The zero-order chi connectivity index (χ0) is 12.6. The fourth-order valence-corrected chi connectivity index (χ4v) is 2.69. The minimum absolute atomic E-state index is 0.0674. The van der Waals surface area contributed by atoms with Crippen LogP contribution in [0.4, 0.5) is 0 Å². The van der Waals surface area contributed by atoms with Crippen LogP contribution in [-0.2, 0) is 5.41 Å². The highest BCUT2D eigenvalue weighted by molar-refractivity contribution is 5.99. The summed E-state index contributed by atoms with van der Waals surface area (Å²) in [6.45, 7) is 8.43. The van der Waals surface area contributed by atoms with Gasteiger partial charge in [-0.1, -0.05) is 39.0 Å². The quantitative estimate of drug-likeness (QED) is 0.690. The average molecular weight is 228 g/mol. The molecule has 0 saturated heterocycles. The highest BCUT2D eigenvalue weighted by Gasteiger charge is 2.29. The molecule has 90 valence electrons. The van der Waals surface area contributed by atoms with Gasteiger partial charge in [0.15, 0.2) is 5.78 Å². The van der Waals surface area contributed by atoms with E-state index in [0.717, 1.165) is 12.0 Å². The van der Waals surface area contributed by atoms with E-state index in [2.05, 4.69) is 39.0 Å². The molecule has 0 amide bonds. The van der Waals surface area contributed by atoms with E-state index in [1.54, 1.807) is 0 Å². The molecule has 1 aromatic rings. The molecule has 0 aromatic heterocycles. The van der Waals surface area contributed by atoms with Crippen molar-refractivity contribution in [1.29, 1.82) is 0 Å². The van der Waals surface area contributed by atoms with Crippen LogP contribution in [0, 0.1) is 6.92 Å². The van der Waals surface area contributed by atoms with Crippen LogP contribution in [0.15, 0.2) is 18.2 Å². The zero-order valence-electron chi connectivity index (χ0n) is 11.1. The van der Waals surface area contributed by atoms with E-state index < -0.39 is 0 Å². The molecule has 1 aliphatic carbocycles. The van der Waals surface area contributed by atoms with Crippen LogP contribution in [0.25, 0.3) is 6.08 Å². The number of rotatable bonds is 2. The lowest BCUT2D eigenvalue weighted by molar-refractivity contribution is 0.0985. The fourth-order valence-electron chi connectivity index (χ4n) is 2.69. The van der Waals surface area contributed by atoms with Gasteiger partial charge < -0.3 is 0 Å². The fraction of sp³-hybridized carbons (Fsp3) is 0.438. The van der Waals surface area contributed by atoms with E-state index in [1.807, 2.05) is 13.0 Å². The average Bonchev–Trinajstić information content (AvgIpc) is 2.25. The van der Waals surface area contributed by atoms with Gasteiger partial charge in [-0.15, -0.1) is 0 Å². The van der Waals surface area contributed by atoms with Crippen LogP contribution in [0.3, 0.4) is 0 Å². The van der Waals surface area contributed by atoms with Gasteiger partial charge in [0.25, 0.3) is 0 Å². The number of ketones is 1. The van der Waals surface area contributed by atoms with Gasteiger partial charge in [-0.05, 0) is 41.5 Å². The van der Waals surface area contributed by atoms with Crippen molar-refractivity contribution in [3.63, 3.8) is 0 Å². The molecule has 1 nitrogen and oxygen atoms in total. The van der Waals surface area contributed by atoms with Gasteiger partial charge in [0.1, 0.15) is 0 Å². The first-order valence-electron chi connectivity index (χ1n) is 6.30. The predicted octanol–water partition coefficient (Wildman–Crippen LogP) is 4.28. The Balaban J connectivity index is 2.72. The van der Waals surface area contributed by atoms with E-state index in [9.17, 15) is 4.79 Å². The second-order valence-electron chi connectivity index (χ2n) is 5.54. The number of Topliss-reactive ketones (excluding diaryl/α,β-unsaturated/α-hetero) is 1. The summed E-state index contributed by atoms with van der Waals surface area (Å²) in [5.74, 6) is 0.258. The molecule has 1 heteroatoms. The number of aryl methyl sites for hydroxylation is 1. The SMILES string of the molecule is CCC(=O)c1cc(C)cc2c1C(C)(C)CC=C2. The maximum atomic E-state index is 12.1. The van der Waals surface area contributed by atoms with Crippen molar-refractivity contribution in [3.05, 3.63) is 40.5 Å². The predicted molar refractivity (Wildman–Crippen MR) is 72.5 cm³/mol. The Morgan fingerprint density at radius 1 is 1.35 bits per heavy atom. The molecule has 1 aromatic carbocycles. The molecule has 0 unspecified atom stereocenters. The smallest absolute Gasteiger partial charge is 0.162 e. The summed E-state index contributed by atoms with van der Waals surface area (Å²) in [4.78, 5) is 12.1. The lowest BCUT2D eigenvalue weighted by Crippen LogP contribution is -2.24. The summed E-state index contributed by atoms with van der Waals surface area (Å²) in [7, 11) is 0. The van der Waals surface area contributed by atoms with Crippen molar-refractivity contribution in [1.82, 2.24) is 0 Å². The van der Waals surface area contributed by atoms with Crippen molar-refractivity contribution in [3.8, 4) is 0 Å². The lowest BCUT2D eigenvalue weighted by Gasteiger charge is -2.31. The molecule has 17 heavy (non-hydrogen) atoms. The third-order valence-electron chi connectivity index (χ3n) is 3.54. The van der Waals surface area contributed by atoms with Crippen LogP contribution < -0.4 is 0 Å². The van der Waals surface area contributed by atoms with Gasteiger partial charge in [0, 0.05) is 12.0 Å². The van der Waals surface area contributed by atoms with Crippen molar-refractivity contribution in [2.75, 3.05) is 0 Å². The van der Waals surface area contributed by atoms with Gasteiger partial charge in [-0.2, -0.15) is 0 Å². The molecule has 2 rings (SSSR count). The topological polar surface area (TPSA) is 17.1 Å². The first-order chi connectivity index (χ1) is 7.95. The first-order valence-corrected chi connectivity index (χ1v) is 6.30. The van der Waals surface area contributed by atoms with Crippen molar-refractivity contribution >= 4 is 11.9 Å². The maximum Gasteiger partial charge on any atom is 0.162 e. The van der Waals surface area contributed by atoms with Crippen molar-refractivity contribution < 1.29 is 4.79 Å². The molecule has 0 atom stereocenters. The van der Waals surface area contributed by atoms with E-state index >= 15 is 0 Å². The minimum atomic E-state index is 0.0674. The minimum Gasteiger partial charge on any atom is -0.294 e. The summed E-state index contributed by atoms with van der Waals surface area (Å²) in [5, 5.41) is 0. The number of hydrogen-bond donors (Lipinski definition) is 0. The van der Waals surface area contributed by atoms with Crippen LogP contribution in [0.5, 0.6) is 0 Å². The molecule has 0 heterocycles. The molecule has 0 spiro atoms. The van der Waals surface area contributed by atoms with Crippen LogP contribution in [0.1, 0.15) is 60.7 Å². The molecule has 0 radical (unpaired) electrons. The lowest BCUT2D eigenvalue weighted by atomic mass is 9.72. The molecule has 0 fully saturated rings. The second kappa shape index (κ2) is 4.14. The molecule has 0 N–H and O–H groups in total. The third-order valence-corrected chi connectivity index (χ3v) is 3.54. The maximum absolute atomic E-state index is 12.1. The number of allylic oxidation sites excluding steroid dienone is 1. The number of carbonyl (C=O) groups is 1. The number of fused-ring (bicyclic) bond motifs is 1. The van der Waals surface area contributed by atoms with E-state index in [1.165, 1.54) is 16.7 Å². The van der Waals surface area contributed by atoms with Crippen LogP contribution >= 0.6 is 0 Å². The van der Waals surface area contributed by atoms with Gasteiger partial charge >= 0.3 is 0 Å². The zero-order valence-corrected chi connectivity index (χ0v) is 11.1. The summed E-state index contributed by atoms with van der Waals surface area (Å²) in [6.07, 6.45) is 5.95. The summed E-state index contributed by atoms with van der Waals surface area (Å²) in [6, 6.07) is 4.23. The molecular formula is C16H20O. The molecule has 0 aliphatic heterocycles. The molecule has 0 bridgehead atoms. The highest BCUT2D eigenvalue weighted by atomic mass is 16.1. The standard InChI is InChI=1S/C16H20O/c1-5-14(17)13-10-11(2)9-12-7-6-8-16(3,4)15(12)13/h6-7,9-10H,5,8H2,1-4H3. The van der Waals surface area contributed by atoms with Gasteiger partial charge in [-0.3, -0.25) is 4.79 Å². The molecule has 1 aliphatic rings. The van der Waals surface area contributed by atoms with Crippen molar-refractivity contribution in [2.45, 2.75) is 46.0 Å². The Kier molecular flexibility index (Phi) is 2.94. The van der Waals surface area contributed by atoms with Gasteiger partial charge in [0.2, 0.25) is 0 Å². The Hall–Kier alpha value is -1.37. The first kappa shape index (κ1) is 12.1. The summed E-state index contributed by atoms with van der Waals surface area (Å²) in [5.41, 5.74) is 4.62. The third kappa shape index (κ3) is 2.06.